The van der Waals surface area contributed by atoms with Crippen molar-refractivity contribution in [2.24, 2.45) is 5.92 Å². The van der Waals surface area contributed by atoms with Gasteiger partial charge in [0.1, 0.15) is 0 Å². The zero-order valence-electron chi connectivity index (χ0n) is 12.8. The van der Waals surface area contributed by atoms with Crippen molar-refractivity contribution in [1.29, 1.82) is 0 Å². The first-order chi connectivity index (χ1) is 9.52. The van der Waals surface area contributed by atoms with E-state index < -0.39 is 0 Å². The van der Waals surface area contributed by atoms with E-state index in [1.165, 1.54) is 5.56 Å². The van der Waals surface area contributed by atoms with Gasteiger partial charge in [-0.15, -0.1) is 0 Å². The number of rotatable bonds is 5. The Hall–Kier alpha value is -1.77. The van der Waals surface area contributed by atoms with Gasteiger partial charge in [0.2, 0.25) is 5.88 Å². The summed E-state index contributed by atoms with van der Waals surface area (Å²) in [6.45, 7) is 8.52. The molecule has 0 atom stereocenters. The highest BCUT2D eigenvalue weighted by Gasteiger charge is 2.18. The van der Waals surface area contributed by atoms with E-state index in [2.05, 4.69) is 25.9 Å². The van der Waals surface area contributed by atoms with Crippen molar-refractivity contribution in [3.05, 3.63) is 41.1 Å². The molecule has 1 aromatic carbocycles. The summed E-state index contributed by atoms with van der Waals surface area (Å²) < 4.78 is 1.68. The number of aromatic hydroxyl groups is 1. The van der Waals surface area contributed by atoms with Gasteiger partial charge in [0.05, 0.1) is 11.4 Å². The van der Waals surface area contributed by atoms with Crippen molar-refractivity contribution >= 4 is 0 Å². The van der Waals surface area contributed by atoms with Gasteiger partial charge >= 0.3 is 0 Å². The highest BCUT2D eigenvalue weighted by atomic mass is 16.3. The number of hydrogen-bond donors (Lipinski definition) is 1. The minimum Gasteiger partial charge on any atom is -0.493 e. The highest BCUT2D eigenvalue weighted by molar-refractivity contribution is 5.42. The molecule has 20 heavy (non-hydrogen) atoms. The zero-order chi connectivity index (χ0) is 14.7. The van der Waals surface area contributed by atoms with Crippen molar-refractivity contribution in [1.82, 2.24) is 9.78 Å². The second-order valence-electron chi connectivity index (χ2n) is 5.85. The van der Waals surface area contributed by atoms with Crippen LogP contribution in [0.4, 0.5) is 0 Å². The minimum absolute atomic E-state index is 0.299. The summed E-state index contributed by atoms with van der Waals surface area (Å²) >= 11 is 0. The third kappa shape index (κ3) is 3.03. The summed E-state index contributed by atoms with van der Waals surface area (Å²) in [6, 6.07) is 8.07. The third-order valence-corrected chi connectivity index (χ3v) is 3.38. The standard InChI is InChI=1S/C17H24N2O/c1-5-7-16-15(10-12(2)3)17(20)19(18-16)14-9-6-8-13(4)11-14/h6,8-9,11-12,20H,5,7,10H2,1-4H3. The zero-order valence-corrected chi connectivity index (χ0v) is 12.8. The predicted octanol–water partition coefficient (Wildman–Crippen LogP) is 4.04. The van der Waals surface area contributed by atoms with Gasteiger partial charge in [-0.1, -0.05) is 39.3 Å². The fourth-order valence-electron chi connectivity index (χ4n) is 2.48. The van der Waals surface area contributed by atoms with Crippen LogP contribution in [0, 0.1) is 12.8 Å². The number of hydrogen-bond acceptors (Lipinski definition) is 2. The lowest BCUT2D eigenvalue weighted by Crippen LogP contribution is -1.97. The number of aryl methyl sites for hydroxylation is 2. The van der Waals surface area contributed by atoms with Gasteiger partial charge in [-0.2, -0.15) is 5.10 Å². The number of benzene rings is 1. The van der Waals surface area contributed by atoms with Gasteiger partial charge < -0.3 is 5.11 Å². The fraction of sp³-hybridized carbons (Fsp3) is 0.471. The summed E-state index contributed by atoms with van der Waals surface area (Å²) in [5, 5.41) is 15.2. The monoisotopic (exact) mass is 272 g/mol. The maximum Gasteiger partial charge on any atom is 0.217 e. The molecule has 0 radical (unpaired) electrons. The van der Waals surface area contributed by atoms with E-state index in [4.69, 9.17) is 0 Å². The second-order valence-corrected chi connectivity index (χ2v) is 5.85. The molecule has 0 saturated heterocycles. The largest absolute Gasteiger partial charge is 0.493 e. The Morgan fingerprint density at radius 1 is 1.30 bits per heavy atom. The average molecular weight is 272 g/mol. The Balaban J connectivity index is 2.49. The molecule has 0 aliphatic carbocycles. The van der Waals surface area contributed by atoms with Gasteiger partial charge in [-0.25, -0.2) is 4.68 Å². The molecule has 0 spiro atoms. The van der Waals surface area contributed by atoms with Crippen LogP contribution in [0.15, 0.2) is 24.3 Å². The van der Waals surface area contributed by atoms with E-state index in [9.17, 15) is 5.11 Å². The molecule has 0 saturated carbocycles. The molecular formula is C17H24N2O. The van der Waals surface area contributed by atoms with E-state index in [1.807, 2.05) is 31.2 Å². The van der Waals surface area contributed by atoms with E-state index in [0.717, 1.165) is 36.2 Å². The molecule has 0 unspecified atom stereocenters. The van der Waals surface area contributed by atoms with Gasteiger partial charge in [0.25, 0.3) is 0 Å². The maximum atomic E-state index is 10.5. The van der Waals surface area contributed by atoms with Crippen LogP contribution in [-0.4, -0.2) is 14.9 Å². The van der Waals surface area contributed by atoms with Crippen LogP contribution in [0.3, 0.4) is 0 Å². The molecule has 0 fully saturated rings. The van der Waals surface area contributed by atoms with Gasteiger partial charge in [-0.3, -0.25) is 0 Å². The molecular weight excluding hydrogens is 248 g/mol. The Morgan fingerprint density at radius 3 is 2.65 bits per heavy atom. The van der Waals surface area contributed by atoms with Gasteiger partial charge in [0.15, 0.2) is 0 Å². The Morgan fingerprint density at radius 2 is 2.05 bits per heavy atom. The van der Waals surface area contributed by atoms with Crippen molar-refractivity contribution in [2.45, 2.75) is 47.0 Å². The van der Waals surface area contributed by atoms with Crippen LogP contribution in [0.2, 0.25) is 0 Å². The summed E-state index contributed by atoms with van der Waals surface area (Å²) in [4.78, 5) is 0. The molecule has 0 aliphatic heterocycles. The minimum atomic E-state index is 0.299. The number of aromatic nitrogens is 2. The van der Waals surface area contributed by atoms with Crippen LogP contribution in [0.5, 0.6) is 5.88 Å². The highest BCUT2D eigenvalue weighted by Crippen LogP contribution is 2.28. The normalized spacial score (nSPS) is 11.2. The fourth-order valence-corrected chi connectivity index (χ4v) is 2.48. The van der Waals surface area contributed by atoms with E-state index >= 15 is 0 Å². The SMILES string of the molecule is CCCc1nn(-c2cccc(C)c2)c(O)c1CC(C)C. The molecule has 2 rings (SSSR count). The van der Waals surface area contributed by atoms with Crippen LogP contribution in [-0.2, 0) is 12.8 Å². The lowest BCUT2D eigenvalue weighted by atomic mass is 10.0. The molecule has 108 valence electrons. The predicted molar refractivity (Wildman–Crippen MR) is 82.5 cm³/mol. The van der Waals surface area contributed by atoms with E-state index in [-0.39, 0.29) is 0 Å². The molecule has 3 nitrogen and oxygen atoms in total. The van der Waals surface area contributed by atoms with Crippen molar-refractivity contribution < 1.29 is 5.11 Å². The molecule has 1 aromatic heterocycles. The summed E-state index contributed by atoms with van der Waals surface area (Å²) in [7, 11) is 0. The Kier molecular flexibility index (Phi) is 4.48. The molecule has 2 aromatic rings. The van der Waals surface area contributed by atoms with Crippen LogP contribution in [0.1, 0.15) is 44.0 Å². The first kappa shape index (κ1) is 14.6. The lowest BCUT2D eigenvalue weighted by molar-refractivity contribution is 0.424. The number of nitrogens with zero attached hydrogens (tertiary/aromatic N) is 2. The van der Waals surface area contributed by atoms with E-state index in [1.54, 1.807) is 4.68 Å². The summed E-state index contributed by atoms with van der Waals surface area (Å²) in [5.41, 5.74) is 4.12. The Labute approximate surface area is 121 Å². The molecule has 3 heteroatoms. The summed E-state index contributed by atoms with van der Waals surface area (Å²) in [6.07, 6.45) is 2.82. The molecule has 0 amide bonds. The topological polar surface area (TPSA) is 38.0 Å². The lowest BCUT2D eigenvalue weighted by Gasteiger charge is -2.06. The quantitative estimate of drug-likeness (QED) is 0.892. The van der Waals surface area contributed by atoms with Crippen LogP contribution in [0.25, 0.3) is 5.69 Å². The molecule has 1 heterocycles. The van der Waals surface area contributed by atoms with Crippen molar-refractivity contribution in [3.8, 4) is 11.6 Å². The average Bonchev–Trinajstić information content (AvgIpc) is 2.68. The maximum absolute atomic E-state index is 10.5. The first-order valence-corrected chi connectivity index (χ1v) is 7.39. The van der Waals surface area contributed by atoms with Crippen molar-refractivity contribution in [2.75, 3.05) is 0 Å². The van der Waals surface area contributed by atoms with Crippen molar-refractivity contribution in [3.63, 3.8) is 0 Å². The second kappa shape index (κ2) is 6.12. The summed E-state index contributed by atoms with van der Waals surface area (Å²) in [5.74, 6) is 0.805. The van der Waals surface area contributed by atoms with Gasteiger partial charge in [0, 0.05) is 5.56 Å². The Bertz CT molecular complexity index is 585. The third-order valence-electron chi connectivity index (χ3n) is 3.38. The van der Waals surface area contributed by atoms with Gasteiger partial charge in [-0.05, 0) is 43.4 Å². The molecule has 0 bridgehead atoms. The van der Waals surface area contributed by atoms with Crippen LogP contribution < -0.4 is 0 Å². The van der Waals surface area contributed by atoms with Crippen LogP contribution >= 0.6 is 0 Å². The molecule has 0 aliphatic rings. The smallest absolute Gasteiger partial charge is 0.217 e. The van der Waals surface area contributed by atoms with E-state index in [0.29, 0.717) is 11.8 Å². The first-order valence-electron chi connectivity index (χ1n) is 7.39. The molecule has 1 N–H and O–H groups in total.